The van der Waals surface area contributed by atoms with Crippen LogP contribution in [-0.4, -0.2) is 63.6 Å². The number of sulfonamides is 1. The Balaban J connectivity index is 1.40. The number of hydrogen-bond acceptors (Lipinski definition) is 8. The van der Waals surface area contributed by atoms with Gasteiger partial charge in [0.25, 0.3) is 5.92 Å². The number of alkyl halides is 2. The first kappa shape index (κ1) is 22.3. The monoisotopic (exact) mass is 466 g/mol. The number of piperidine rings is 1. The standard InChI is InChI=1S/C19H24F2N8O2S/c1-28-12-15(11-24-28)32(30,31)29-7-4-14(5-8-29)25-18-23-10-13(9-22)17(27-18)26-16-3-2-6-19(16,20)21/h10-12,14,16H,2-8H2,1H3,(H2,23,25,26,27). The molecule has 2 fully saturated rings. The highest BCUT2D eigenvalue weighted by Crippen LogP contribution is 2.37. The molecular weight excluding hydrogens is 442 g/mol. The average Bonchev–Trinajstić information content (AvgIpc) is 3.34. The molecule has 1 aliphatic carbocycles. The van der Waals surface area contributed by atoms with Crippen LogP contribution in [0.15, 0.2) is 23.5 Å². The van der Waals surface area contributed by atoms with E-state index in [1.54, 1.807) is 7.05 Å². The van der Waals surface area contributed by atoms with Crippen LogP contribution >= 0.6 is 0 Å². The molecule has 1 saturated carbocycles. The summed E-state index contributed by atoms with van der Waals surface area (Å²) in [5.41, 5.74) is 0.0932. The molecule has 0 amide bonds. The van der Waals surface area contributed by atoms with Crippen molar-refractivity contribution in [3.05, 3.63) is 24.2 Å². The Hall–Kier alpha value is -2.85. The van der Waals surface area contributed by atoms with E-state index in [-0.39, 0.29) is 34.7 Å². The lowest BCUT2D eigenvalue weighted by atomic mass is 10.1. The summed E-state index contributed by atoms with van der Waals surface area (Å²) in [6.07, 6.45) is 5.64. The van der Waals surface area contributed by atoms with Crippen molar-refractivity contribution in [1.29, 1.82) is 5.26 Å². The van der Waals surface area contributed by atoms with Gasteiger partial charge in [-0.15, -0.1) is 0 Å². The zero-order valence-electron chi connectivity index (χ0n) is 17.5. The second-order valence-corrected chi connectivity index (χ2v) is 10.0. The number of nitrogens with zero attached hydrogens (tertiary/aromatic N) is 6. The lowest BCUT2D eigenvalue weighted by molar-refractivity contribution is -0.000696. The first-order valence-electron chi connectivity index (χ1n) is 10.4. The number of hydrogen-bond donors (Lipinski definition) is 2. The van der Waals surface area contributed by atoms with Crippen LogP contribution in [-0.2, 0) is 17.1 Å². The molecule has 1 atom stereocenters. The van der Waals surface area contributed by atoms with E-state index < -0.39 is 22.0 Å². The highest BCUT2D eigenvalue weighted by Gasteiger charge is 2.44. The summed E-state index contributed by atoms with van der Waals surface area (Å²) in [5, 5.41) is 19.1. The van der Waals surface area contributed by atoms with Gasteiger partial charge < -0.3 is 10.6 Å². The predicted molar refractivity (Wildman–Crippen MR) is 112 cm³/mol. The van der Waals surface area contributed by atoms with E-state index in [1.807, 2.05) is 6.07 Å². The lowest BCUT2D eigenvalue weighted by Gasteiger charge is -2.31. The van der Waals surface area contributed by atoms with Gasteiger partial charge in [-0.3, -0.25) is 4.68 Å². The van der Waals surface area contributed by atoms with Crippen molar-refractivity contribution in [3.8, 4) is 6.07 Å². The number of nitriles is 1. The quantitative estimate of drug-likeness (QED) is 0.661. The van der Waals surface area contributed by atoms with Crippen LogP contribution in [0.1, 0.15) is 37.7 Å². The number of aryl methyl sites for hydroxylation is 1. The van der Waals surface area contributed by atoms with Crippen molar-refractivity contribution in [2.24, 2.45) is 7.05 Å². The molecule has 2 N–H and O–H groups in total. The zero-order chi connectivity index (χ0) is 22.9. The Bertz CT molecular complexity index is 1120. The summed E-state index contributed by atoms with van der Waals surface area (Å²) in [5.74, 6) is -2.56. The molecule has 4 rings (SSSR count). The van der Waals surface area contributed by atoms with Crippen LogP contribution in [0, 0.1) is 11.3 Å². The third-order valence-electron chi connectivity index (χ3n) is 5.84. The van der Waals surface area contributed by atoms with Gasteiger partial charge in [0.05, 0.1) is 18.4 Å². The van der Waals surface area contributed by atoms with Crippen molar-refractivity contribution in [1.82, 2.24) is 24.1 Å². The molecule has 3 heterocycles. The minimum atomic E-state index is -3.60. The van der Waals surface area contributed by atoms with Crippen LogP contribution in [0.2, 0.25) is 0 Å². The molecule has 32 heavy (non-hydrogen) atoms. The van der Waals surface area contributed by atoms with E-state index in [2.05, 4.69) is 25.7 Å². The van der Waals surface area contributed by atoms with Crippen molar-refractivity contribution < 1.29 is 17.2 Å². The molecule has 2 aromatic heterocycles. The molecular formula is C19H24F2N8O2S. The van der Waals surface area contributed by atoms with E-state index in [1.165, 1.54) is 27.6 Å². The molecule has 0 spiro atoms. The fourth-order valence-corrected chi connectivity index (χ4v) is 5.47. The van der Waals surface area contributed by atoms with Crippen LogP contribution in [0.25, 0.3) is 0 Å². The zero-order valence-corrected chi connectivity index (χ0v) is 18.3. The second kappa shape index (κ2) is 8.59. The van der Waals surface area contributed by atoms with Gasteiger partial charge in [-0.05, 0) is 25.7 Å². The van der Waals surface area contributed by atoms with E-state index in [0.29, 0.717) is 38.8 Å². The maximum atomic E-state index is 14.0. The molecule has 13 heteroatoms. The van der Waals surface area contributed by atoms with Crippen molar-refractivity contribution >= 4 is 21.8 Å². The van der Waals surface area contributed by atoms with E-state index in [0.717, 1.165) is 0 Å². The van der Waals surface area contributed by atoms with Gasteiger partial charge in [0.1, 0.15) is 22.3 Å². The minimum absolute atomic E-state index is 0.0770. The Kier molecular flexibility index (Phi) is 6.00. The summed E-state index contributed by atoms with van der Waals surface area (Å²) in [4.78, 5) is 8.52. The van der Waals surface area contributed by atoms with Gasteiger partial charge >= 0.3 is 0 Å². The second-order valence-electron chi connectivity index (χ2n) is 8.09. The number of rotatable bonds is 6. The normalized spacial score (nSPS) is 21.9. The van der Waals surface area contributed by atoms with Crippen LogP contribution in [0.5, 0.6) is 0 Å². The van der Waals surface area contributed by atoms with Gasteiger partial charge in [0.15, 0.2) is 0 Å². The maximum Gasteiger partial charge on any atom is 0.267 e. The summed E-state index contributed by atoms with van der Waals surface area (Å²) >= 11 is 0. The van der Waals surface area contributed by atoms with Gasteiger partial charge in [-0.2, -0.15) is 19.6 Å². The van der Waals surface area contributed by atoms with E-state index in [4.69, 9.17) is 0 Å². The topological polar surface area (TPSA) is 129 Å². The van der Waals surface area contributed by atoms with Gasteiger partial charge in [0.2, 0.25) is 16.0 Å². The van der Waals surface area contributed by atoms with Gasteiger partial charge in [0, 0.05) is 38.8 Å². The van der Waals surface area contributed by atoms with Crippen molar-refractivity contribution in [2.75, 3.05) is 23.7 Å². The molecule has 10 nitrogen and oxygen atoms in total. The van der Waals surface area contributed by atoms with Crippen LogP contribution < -0.4 is 10.6 Å². The van der Waals surface area contributed by atoms with Gasteiger partial charge in [-0.1, -0.05) is 0 Å². The van der Waals surface area contributed by atoms with E-state index >= 15 is 0 Å². The largest absolute Gasteiger partial charge is 0.360 e. The Labute approximate surface area is 184 Å². The third-order valence-corrected chi connectivity index (χ3v) is 7.69. The summed E-state index contributed by atoms with van der Waals surface area (Å²) in [6, 6.07) is 0.763. The van der Waals surface area contributed by atoms with Crippen molar-refractivity contribution in [2.45, 2.75) is 55.0 Å². The molecule has 172 valence electrons. The summed E-state index contributed by atoms with van der Waals surface area (Å²) in [6.45, 7) is 0.620. The molecule has 0 radical (unpaired) electrons. The Morgan fingerprint density at radius 3 is 2.56 bits per heavy atom. The summed E-state index contributed by atoms with van der Waals surface area (Å²) in [7, 11) is -1.95. The molecule has 1 saturated heterocycles. The van der Waals surface area contributed by atoms with Crippen LogP contribution in [0.3, 0.4) is 0 Å². The molecule has 2 aliphatic rings. The average molecular weight is 467 g/mol. The molecule has 2 aromatic rings. The van der Waals surface area contributed by atoms with Crippen LogP contribution in [0.4, 0.5) is 20.5 Å². The maximum absolute atomic E-state index is 14.0. The lowest BCUT2D eigenvalue weighted by Crippen LogP contribution is -2.42. The molecule has 1 aliphatic heterocycles. The van der Waals surface area contributed by atoms with Gasteiger partial charge in [-0.25, -0.2) is 22.2 Å². The van der Waals surface area contributed by atoms with E-state index in [9.17, 15) is 22.5 Å². The highest BCUT2D eigenvalue weighted by atomic mass is 32.2. The number of nitrogens with one attached hydrogen (secondary N) is 2. The first-order chi connectivity index (χ1) is 15.2. The molecule has 0 bridgehead atoms. The smallest absolute Gasteiger partial charge is 0.267 e. The SMILES string of the molecule is Cn1cc(S(=O)(=O)N2CCC(Nc3ncc(C#N)c(NC4CCCC4(F)F)n3)CC2)cn1. The van der Waals surface area contributed by atoms with Crippen molar-refractivity contribution in [3.63, 3.8) is 0 Å². The number of aromatic nitrogens is 4. The summed E-state index contributed by atoms with van der Waals surface area (Å²) < 4.78 is 56.3. The molecule has 0 aromatic carbocycles. The Morgan fingerprint density at radius 2 is 1.97 bits per heavy atom. The fraction of sp³-hybridized carbons (Fsp3) is 0.579. The Morgan fingerprint density at radius 1 is 1.22 bits per heavy atom. The number of anilines is 2. The molecule has 1 unspecified atom stereocenters. The predicted octanol–water partition coefficient (Wildman–Crippen LogP) is 1.95. The highest BCUT2D eigenvalue weighted by molar-refractivity contribution is 7.89. The third kappa shape index (κ3) is 4.51. The minimum Gasteiger partial charge on any atom is -0.360 e. The first-order valence-corrected chi connectivity index (χ1v) is 11.8. The number of halogens is 2. The fourth-order valence-electron chi connectivity index (χ4n) is 4.02.